The number of para-hydroxylation sites is 1. The van der Waals surface area contributed by atoms with Crippen LogP contribution >= 0.6 is 0 Å². The zero-order chi connectivity index (χ0) is 17.6. The quantitative estimate of drug-likeness (QED) is 0.765. The molecule has 7 heteroatoms. The minimum atomic E-state index is -3.67. The van der Waals surface area contributed by atoms with E-state index in [4.69, 9.17) is 0 Å². The maximum Gasteiger partial charge on any atom is 0.265 e. The third-order valence-corrected chi connectivity index (χ3v) is 5.61. The van der Waals surface area contributed by atoms with Crippen molar-refractivity contribution in [1.82, 2.24) is 4.98 Å². The first-order valence-electron chi connectivity index (χ1n) is 7.94. The Morgan fingerprint density at radius 2 is 1.88 bits per heavy atom. The Bertz CT molecular complexity index is 729. The van der Waals surface area contributed by atoms with Gasteiger partial charge >= 0.3 is 0 Å². The van der Waals surface area contributed by atoms with Crippen LogP contribution in [0.1, 0.15) is 20.3 Å². The van der Waals surface area contributed by atoms with Crippen LogP contribution in [0.25, 0.3) is 0 Å². The Morgan fingerprint density at radius 1 is 1.17 bits per heavy atom. The lowest BCUT2D eigenvalue weighted by Crippen LogP contribution is -2.31. The fourth-order valence-electron chi connectivity index (χ4n) is 2.32. The summed E-state index contributed by atoms with van der Waals surface area (Å²) in [6.45, 7) is 4.07. The smallest absolute Gasteiger partial charge is 0.265 e. The van der Waals surface area contributed by atoms with Crippen LogP contribution in [0.15, 0.2) is 53.6 Å². The number of sulfonamides is 1. The molecule has 0 bridgehead atoms. The zero-order valence-corrected chi connectivity index (χ0v) is 14.7. The van der Waals surface area contributed by atoms with E-state index in [0.29, 0.717) is 18.1 Å². The molecule has 1 heterocycles. The summed E-state index contributed by atoms with van der Waals surface area (Å²) < 4.78 is 27.0. The van der Waals surface area contributed by atoms with Gasteiger partial charge in [-0.25, -0.2) is 13.4 Å². The molecule has 0 fully saturated rings. The summed E-state index contributed by atoms with van der Waals surface area (Å²) in [7, 11) is -3.67. The number of pyridine rings is 1. The Morgan fingerprint density at radius 3 is 2.38 bits per heavy atom. The molecule has 1 atom stereocenters. The van der Waals surface area contributed by atoms with Gasteiger partial charge in [0.2, 0.25) is 0 Å². The number of nitrogens with zero attached hydrogens (tertiary/aromatic N) is 2. The van der Waals surface area contributed by atoms with Crippen molar-refractivity contribution >= 4 is 21.5 Å². The number of anilines is 2. The molecule has 0 aliphatic rings. The SMILES string of the molecule is CCC(CO)Nc1ccc(S(=O)(=O)N(CC)c2ccccc2)cn1. The van der Waals surface area contributed by atoms with Crippen LogP contribution < -0.4 is 9.62 Å². The van der Waals surface area contributed by atoms with Gasteiger partial charge in [0.1, 0.15) is 10.7 Å². The maximum absolute atomic E-state index is 12.8. The van der Waals surface area contributed by atoms with E-state index in [9.17, 15) is 13.5 Å². The van der Waals surface area contributed by atoms with Crippen LogP contribution in [0.5, 0.6) is 0 Å². The third-order valence-electron chi connectivity index (χ3n) is 3.72. The number of benzene rings is 1. The average molecular weight is 349 g/mol. The number of rotatable bonds is 8. The molecule has 0 aliphatic carbocycles. The molecule has 0 radical (unpaired) electrons. The molecule has 0 saturated carbocycles. The van der Waals surface area contributed by atoms with Crippen molar-refractivity contribution in [2.24, 2.45) is 0 Å². The fraction of sp³-hybridized carbons (Fsp3) is 0.353. The number of aromatic nitrogens is 1. The second kappa shape index (κ2) is 8.12. The molecule has 1 aromatic carbocycles. The van der Waals surface area contributed by atoms with Crippen molar-refractivity contribution < 1.29 is 13.5 Å². The van der Waals surface area contributed by atoms with Gasteiger partial charge in [-0.05, 0) is 37.6 Å². The van der Waals surface area contributed by atoms with Crippen molar-refractivity contribution in [3.8, 4) is 0 Å². The van der Waals surface area contributed by atoms with Crippen molar-refractivity contribution in [2.75, 3.05) is 22.8 Å². The average Bonchev–Trinajstić information content (AvgIpc) is 2.61. The highest BCUT2D eigenvalue weighted by Gasteiger charge is 2.23. The van der Waals surface area contributed by atoms with E-state index in [1.54, 1.807) is 37.3 Å². The third kappa shape index (κ3) is 4.04. The molecule has 2 aromatic rings. The lowest BCUT2D eigenvalue weighted by atomic mass is 10.2. The molecule has 1 aromatic heterocycles. The van der Waals surface area contributed by atoms with Crippen molar-refractivity contribution in [3.05, 3.63) is 48.7 Å². The number of hydrogen-bond donors (Lipinski definition) is 2. The first-order chi connectivity index (χ1) is 11.5. The van der Waals surface area contributed by atoms with Gasteiger partial charge in [0, 0.05) is 12.7 Å². The van der Waals surface area contributed by atoms with Gasteiger partial charge in [-0.2, -0.15) is 0 Å². The van der Waals surface area contributed by atoms with Crippen LogP contribution in [0.2, 0.25) is 0 Å². The Labute approximate surface area is 143 Å². The van der Waals surface area contributed by atoms with Gasteiger partial charge in [0.15, 0.2) is 0 Å². The van der Waals surface area contributed by atoms with E-state index in [1.165, 1.54) is 16.6 Å². The lowest BCUT2D eigenvalue weighted by molar-refractivity contribution is 0.271. The summed E-state index contributed by atoms with van der Waals surface area (Å²) in [6, 6.07) is 12.0. The summed E-state index contributed by atoms with van der Waals surface area (Å²) >= 11 is 0. The normalized spacial score (nSPS) is 12.6. The molecule has 0 aliphatic heterocycles. The second-order valence-corrected chi connectivity index (χ2v) is 7.18. The van der Waals surface area contributed by atoms with Crippen LogP contribution in [0, 0.1) is 0 Å². The second-order valence-electron chi connectivity index (χ2n) is 5.32. The molecule has 2 rings (SSSR count). The van der Waals surface area contributed by atoms with E-state index >= 15 is 0 Å². The fourth-order valence-corrected chi connectivity index (χ4v) is 3.74. The van der Waals surface area contributed by atoms with Crippen LogP contribution in [-0.4, -0.2) is 37.7 Å². The topological polar surface area (TPSA) is 82.5 Å². The summed E-state index contributed by atoms with van der Waals surface area (Å²) in [4.78, 5) is 4.30. The van der Waals surface area contributed by atoms with Gasteiger partial charge in [0.05, 0.1) is 18.3 Å². The Kier molecular flexibility index (Phi) is 6.16. The van der Waals surface area contributed by atoms with E-state index in [-0.39, 0.29) is 17.5 Å². The first kappa shape index (κ1) is 18.2. The number of nitrogens with one attached hydrogen (secondary N) is 1. The van der Waals surface area contributed by atoms with Crippen LogP contribution in [0.3, 0.4) is 0 Å². The van der Waals surface area contributed by atoms with E-state index in [0.717, 1.165) is 6.42 Å². The highest BCUT2D eigenvalue weighted by Crippen LogP contribution is 2.23. The summed E-state index contributed by atoms with van der Waals surface area (Å²) in [5.41, 5.74) is 0.619. The largest absolute Gasteiger partial charge is 0.394 e. The van der Waals surface area contributed by atoms with Gasteiger partial charge in [-0.15, -0.1) is 0 Å². The van der Waals surface area contributed by atoms with E-state index < -0.39 is 10.0 Å². The Hall–Kier alpha value is -2.12. The summed E-state index contributed by atoms with van der Waals surface area (Å²) in [5.74, 6) is 0.539. The summed E-state index contributed by atoms with van der Waals surface area (Å²) in [6.07, 6.45) is 2.09. The highest BCUT2D eigenvalue weighted by molar-refractivity contribution is 7.92. The van der Waals surface area contributed by atoms with Crippen molar-refractivity contribution in [1.29, 1.82) is 0 Å². The van der Waals surface area contributed by atoms with Crippen LogP contribution in [-0.2, 0) is 10.0 Å². The zero-order valence-electron chi connectivity index (χ0n) is 13.9. The molecule has 0 spiro atoms. The van der Waals surface area contributed by atoms with E-state index in [2.05, 4.69) is 10.3 Å². The van der Waals surface area contributed by atoms with Crippen molar-refractivity contribution in [2.45, 2.75) is 31.2 Å². The van der Waals surface area contributed by atoms with Crippen LogP contribution in [0.4, 0.5) is 11.5 Å². The molecule has 1 unspecified atom stereocenters. The molecular weight excluding hydrogens is 326 g/mol. The molecule has 2 N–H and O–H groups in total. The predicted octanol–water partition coefficient (Wildman–Crippen LogP) is 2.48. The summed E-state index contributed by atoms with van der Waals surface area (Å²) in [5, 5.41) is 12.3. The minimum Gasteiger partial charge on any atom is -0.394 e. The Balaban J connectivity index is 2.26. The molecule has 0 amide bonds. The maximum atomic E-state index is 12.8. The van der Waals surface area contributed by atoms with Gasteiger partial charge in [-0.1, -0.05) is 25.1 Å². The number of aliphatic hydroxyl groups is 1. The van der Waals surface area contributed by atoms with E-state index in [1.807, 2.05) is 13.0 Å². The predicted molar refractivity (Wildman–Crippen MR) is 95.7 cm³/mol. The highest BCUT2D eigenvalue weighted by atomic mass is 32.2. The first-order valence-corrected chi connectivity index (χ1v) is 9.38. The minimum absolute atomic E-state index is 0.00412. The standard InChI is InChI=1S/C17H23N3O3S/c1-3-14(13-21)19-17-11-10-16(12-18-17)24(22,23)20(4-2)15-8-6-5-7-9-15/h5-12,14,21H,3-4,13H2,1-2H3,(H,18,19). The number of aliphatic hydroxyl groups excluding tert-OH is 1. The molecule has 6 nitrogen and oxygen atoms in total. The van der Waals surface area contributed by atoms with Gasteiger partial charge in [0.25, 0.3) is 10.0 Å². The molecule has 0 saturated heterocycles. The van der Waals surface area contributed by atoms with Gasteiger partial charge in [-0.3, -0.25) is 4.31 Å². The van der Waals surface area contributed by atoms with Gasteiger partial charge < -0.3 is 10.4 Å². The lowest BCUT2D eigenvalue weighted by Gasteiger charge is -2.23. The molecule has 130 valence electrons. The molecular formula is C17H23N3O3S. The van der Waals surface area contributed by atoms with Crippen molar-refractivity contribution in [3.63, 3.8) is 0 Å². The molecule has 24 heavy (non-hydrogen) atoms. The number of hydrogen-bond acceptors (Lipinski definition) is 5. The monoisotopic (exact) mass is 349 g/mol.